The highest BCUT2D eigenvalue weighted by atomic mass is 16.5. The van der Waals surface area contributed by atoms with Crippen molar-refractivity contribution in [1.82, 2.24) is 15.1 Å². The normalized spacial score (nSPS) is 25.7. The number of rotatable bonds is 4. The molecule has 2 unspecified atom stereocenters. The second-order valence-electron chi connectivity index (χ2n) is 3.82. The molecule has 0 amide bonds. The quantitative estimate of drug-likeness (QED) is 0.736. The summed E-state index contributed by atoms with van der Waals surface area (Å²) in [6, 6.07) is 0. The number of ether oxygens (including phenoxy) is 1. The average Bonchev–Trinajstić information content (AvgIpc) is 2.79. The third-order valence-corrected chi connectivity index (χ3v) is 2.48. The van der Waals surface area contributed by atoms with Gasteiger partial charge in [-0.3, -0.25) is 4.68 Å². The van der Waals surface area contributed by atoms with Gasteiger partial charge in [-0.2, -0.15) is 5.10 Å². The fourth-order valence-corrected chi connectivity index (χ4v) is 1.69. The first-order valence-electron chi connectivity index (χ1n) is 5.37. The number of aliphatic hydroxyl groups excluding tert-OH is 1. The second kappa shape index (κ2) is 4.63. The van der Waals surface area contributed by atoms with Gasteiger partial charge in [-0.1, -0.05) is 6.92 Å². The number of hydrogen-bond donors (Lipinski definition) is 2. The Morgan fingerprint density at radius 2 is 2.53 bits per heavy atom. The number of aliphatic hydroxyl groups is 1. The summed E-state index contributed by atoms with van der Waals surface area (Å²) in [5.41, 5.74) is 0. The molecule has 1 fully saturated rings. The van der Waals surface area contributed by atoms with Crippen molar-refractivity contribution in [2.24, 2.45) is 0 Å². The van der Waals surface area contributed by atoms with Gasteiger partial charge in [0.05, 0.1) is 12.4 Å². The lowest BCUT2D eigenvalue weighted by atomic mass is 10.2. The molecule has 84 valence electrons. The molecule has 5 nitrogen and oxygen atoms in total. The number of nitrogens with zero attached hydrogens (tertiary/aromatic N) is 2. The highest BCUT2D eigenvalue weighted by Gasteiger charge is 2.26. The first kappa shape index (κ1) is 10.4. The summed E-state index contributed by atoms with van der Waals surface area (Å²) in [5.74, 6) is 0.733. The van der Waals surface area contributed by atoms with Gasteiger partial charge in [-0.05, 0) is 6.42 Å². The van der Waals surface area contributed by atoms with E-state index in [4.69, 9.17) is 4.74 Å². The fraction of sp³-hybridized carbons (Fsp3) is 0.700. The van der Waals surface area contributed by atoms with Crippen LogP contribution in [0.1, 0.15) is 13.3 Å². The number of aryl methyl sites for hydroxylation is 1. The van der Waals surface area contributed by atoms with Crippen molar-refractivity contribution in [2.45, 2.75) is 32.1 Å². The Morgan fingerprint density at radius 3 is 3.20 bits per heavy atom. The molecular weight excluding hydrogens is 194 g/mol. The molecule has 1 aliphatic rings. The van der Waals surface area contributed by atoms with Crippen molar-refractivity contribution >= 4 is 0 Å². The van der Waals surface area contributed by atoms with Gasteiger partial charge in [-0.15, -0.1) is 0 Å². The summed E-state index contributed by atoms with van der Waals surface area (Å²) in [6.45, 7) is 4.30. The summed E-state index contributed by atoms with van der Waals surface area (Å²) in [7, 11) is 0. The number of β-amino-alcohol motifs (C(OH)–C–C–N with tert-alkyl or cyclic N) is 1. The molecule has 1 aromatic rings. The minimum absolute atomic E-state index is 0.149. The maximum absolute atomic E-state index is 9.55. The molecule has 2 rings (SSSR count). The third kappa shape index (κ3) is 2.49. The molecular formula is C10H17N3O2. The lowest BCUT2D eigenvalue weighted by Gasteiger charge is -2.13. The van der Waals surface area contributed by atoms with Crippen LogP contribution >= 0.6 is 0 Å². The Morgan fingerprint density at radius 1 is 1.67 bits per heavy atom. The molecule has 2 N–H and O–H groups in total. The van der Waals surface area contributed by atoms with Crippen molar-refractivity contribution in [1.29, 1.82) is 0 Å². The van der Waals surface area contributed by atoms with Gasteiger partial charge in [0.25, 0.3) is 0 Å². The molecule has 0 spiro atoms. The van der Waals surface area contributed by atoms with Gasteiger partial charge < -0.3 is 15.2 Å². The van der Waals surface area contributed by atoms with Crippen LogP contribution in [0.4, 0.5) is 0 Å². The van der Waals surface area contributed by atoms with Crippen LogP contribution in [0.2, 0.25) is 0 Å². The van der Waals surface area contributed by atoms with E-state index in [0.29, 0.717) is 13.1 Å². The predicted octanol–water partition coefficient (Wildman–Crippen LogP) is 0.00460. The summed E-state index contributed by atoms with van der Waals surface area (Å²) in [5, 5.41) is 16.8. The smallest absolute Gasteiger partial charge is 0.157 e. The van der Waals surface area contributed by atoms with Crippen LogP contribution in [0, 0.1) is 0 Å². The van der Waals surface area contributed by atoms with E-state index in [9.17, 15) is 5.11 Å². The highest BCUT2D eigenvalue weighted by Crippen LogP contribution is 2.14. The average molecular weight is 211 g/mol. The maximum Gasteiger partial charge on any atom is 0.157 e. The maximum atomic E-state index is 9.55. The molecule has 1 saturated heterocycles. The Labute approximate surface area is 89.0 Å². The van der Waals surface area contributed by atoms with Crippen LogP contribution < -0.4 is 10.1 Å². The van der Waals surface area contributed by atoms with Crippen LogP contribution in [0.15, 0.2) is 12.4 Å². The largest absolute Gasteiger partial charge is 0.483 e. The van der Waals surface area contributed by atoms with E-state index in [-0.39, 0.29) is 6.10 Å². The van der Waals surface area contributed by atoms with Crippen LogP contribution in [0.25, 0.3) is 0 Å². The molecule has 0 radical (unpaired) electrons. The minimum Gasteiger partial charge on any atom is -0.483 e. The molecule has 0 bridgehead atoms. The number of aromatic nitrogens is 2. The molecule has 0 aromatic carbocycles. The lowest BCUT2D eigenvalue weighted by molar-refractivity contribution is 0.0737. The molecule has 15 heavy (non-hydrogen) atoms. The molecule has 0 saturated carbocycles. The van der Waals surface area contributed by atoms with E-state index in [1.54, 1.807) is 6.20 Å². The van der Waals surface area contributed by atoms with Crippen LogP contribution in [-0.4, -0.2) is 40.2 Å². The third-order valence-electron chi connectivity index (χ3n) is 2.48. The highest BCUT2D eigenvalue weighted by molar-refractivity contribution is 5.13. The molecule has 1 aromatic heterocycles. The van der Waals surface area contributed by atoms with Crippen LogP contribution in [0.3, 0.4) is 0 Å². The molecule has 2 heterocycles. The zero-order valence-corrected chi connectivity index (χ0v) is 8.89. The van der Waals surface area contributed by atoms with Crippen molar-refractivity contribution in [3.05, 3.63) is 12.4 Å². The number of hydrogen-bond acceptors (Lipinski definition) is 4. The second-order valence-corrected chi connectivity index (χ2v) is 3.82. The van der Waals surface area contributed by atoms with E-state index >= 15 is 0 Å². The van der Waals surface area contributed by atoms with Crippen molar-refractivity contribution in [3.8, 4) is 5.75 Å². The van der Waals surface area contributed by atoms with Gasteiger partial charge in [0.1, 0.15) is 12.2 Å². The zero-order valence-electron chi connectivity index (χ0n) is 8.89. The van der Waals surface area contributed by atoms with Crippen LogP contribution in [-0.2, 0) is 6.54 Å². The molecule has 5 heteroatoms. The summed E-state index contributed by atoms with van der Waals surface area (Å²) in [4.78, 5) is 0. The Hall–Kier alpha value is -1.07. The molecule has 0 aliphatic carbocycles. The van der Waals surface area contributed by atoms with Crippen molar-refractivity contribution < 1.29 is 9.84 Å². The van der Waals surface area contributed by atoms with Gasteiger partial charge in [-0.25, -0.2) is 0 Å². The molecule has 1 aliphatic heterocycles. The topological polar surface area (TPSA) is 59.3 Å². The Balaban J connectivity index is 1.92. The SMILES string of the molecule is CCCn1cc(OC2CNCC2O)cn1. The minimum atomic E-state index is -0.417. The first-order chi connectivity index (χ1) is 7.29. The van der Waals surface area contributed by atoms with Crippen LogP contribution in [0.5, 0.6) is 5.75 Å². The monoisotopic (exact) mass is 211 g/mol. The van der Waals surface area contributed by atoms with E-state index in [2.05, 4.69) is 17.3 Å². The van der Waals surface area contributed by atoms with Gasteiger partial charge in [0.2, 0.25) is 0 Å². The Bertz CT molecular complexity index is 313. The number of nitrogens with one attached hydrogen (secondary N) is 1. The zero-order chi connectivity index (χ0) is 10.7. The summed E-state index contributed by atoms with van der Waals surface area (Å²) in [6.07, 6.45) is 4.05. The van der Waals surface area contributed by atoms with Gasteiger partial charge in [0, 0.05) is 19.6 Å². The standard InChI is InChI=1S/C10H17N3O2/c1-2-3-13-7-8(4-12-13)15-10-6-11-5-9(10)14/h4,7,9-11,14H,2-3,5-6H2,1H3. The van der Waals surface area contributed by atoms with Crippen molar-refractivity contribution in [2.75, 3.05) is 13.1 Å². The van der Waals surface area contributed by atoms with Gasteiger partial charge in [0.15, 0.2) is 5.75 Å². The van der Waals surface area contributed by atoms with E-state index in [1.165, 1.54) is 0 Å². The fourth-order valence-electron chi connectivity index (χ4n) is 1.69. The van der Waals surface area contributed by atoms with Gasteiger partial charge >= 0.3 is 0 Å². The first-order valence-corrected chi connectivity index (χ1v) is 5.37. The molecule has 2 atom stereocenters. The Kier molecular flexibility index (Phi) is 3.23. The van der Waals surface area contributed by atoms with Crippen molar-refractivity contribution in [3.63, 3.8) is 0 Å². The summed E-state index contributed by atoms with van der Waals surface area (Å²) < 4.78 is 7.47. The van der Waals surface area contributed by atoms with E-state index in [1.807, 2.05) is 10.9 Å². The lowest BCUT2D eigenvalue weighted by Crippen LogP contribution is -2.29. The predicted molar refractivity (Wildman–Crippen MR) is 55.8 cm³/mol. The van der Waals surface area contributed by atoms with E-state index < -0.39 is 6.10 Å². The summed E-state index contributed by atoms with van der Waals surface area (Å²) >= 11 is 0. The van der Waals surface area contributed by atoms with E-state index in [0.717, 1.165) is 18.7 Å².